The zero-order chi connectivity index (χ0) is 17.0. The van der Waals surface area contributed by atoms with E-state index in [0.717, 1.165) is 5.56 Å². The Morgan fingerprint density at radius 2 is 2.00 bits per heavy atom. The van der Waals surface area contributed by atoms with E-state index < -0.39 is 17.4 Å². The molecule has 23 heavy (non-hydrogen) atoms. The molecule has 2 N–H and O–H groups in total. The summed E-state index contributed by atoms with van der Waals surface area (Å²) in [6.45, 7) is 2.39. The van der Waals surface area contributed by atoms with E-state index in [-0.39, 0.29) is 18.7 Å². The lowest BCUT2D eigenvalue weighted by atomic mass is 9.88. The molecule has 1 aromatic carbocycles. The number of nitrogens with one attached hydrogen (secondary N) is 1. The first-order valence-electron chi connectivity index (χ1n) is 7.41. The van der Waals surface area contributed by atoms with Gasteiger partial charge in [0.05, 0.1) is 0 Å². The summed E-state index contributed by atoms with van der Waals surface area (Å²) in [6.07, 6.45) is 0.943. The molecular formula is C16H19Cl2NO4. The van der Waals surface area contributed by atoms with E-state index in [0.29, 0.717) is 29.7 Å². The maximum absolute atomic E-state index is 12.4. The topological polar surface area (TPSA) is 75.6 Å². The van der Waals surface area contributed by atoms with Crippen LogP contribution in [0.1, 0.15) is 25.3 Å². The van der Waals surface area contributed by atoms with Gasteiger partial charge in [-0.05, 0) is 24.1 Å². The van der Waals surface area contributed by atoms with Crippen LogP contribution in [0.25, 0.3) is 0 Å². The number of hydrogen-bond donors (Lipinski definition) is 2. The Bertz CT molecular complexity index is 600. The average Bonchev–Trinajstić information content (AvgIpc) is 2.50. The highest BCUT2D eigenvalue weighted by Crippen LogP contribution is 2.25. The van der Waals surface area contributed by atoms with Crippen molar-refractivity contribution < 1.29 is 19.4 Å². The van der Waals surface area contributed by atoms with Crippen molar-refractivity contribution in [1.82, 2.24) is 5.32 Å². The maximum Gasteiger partial charge on any atom is 0.329 e. The summed E-state index contributed by atoms with van der Waals surface area (Å²) in [5.41, 5.74) is -0.442. The van der Waals surface area contributed by atoms with Crippen molar-refractivity contribution in [1.29, 1.82) is 0 Å². The minimum absolute atomic E-state index is 0.266. The van der Waals surface area contributed by atoms with E-state index >= 15 is 0 Å². The zero-order valence-corrected chi connectivity index (χ0v) is 14.3. The number of carbonyl (C=O) groups is 2. The molecular weight excluding hydrogens is 341 g/mol. The number of carbonyl (C=O) groups excluding carboxylic acids is 1. The van der Waals surface area contributed by atoms with Crippen molar-refractivity contribution in [2.24, 2.45) is 5.92 Å². The number of halogens is 2. The van der Waals surface area contributed by atoms with Crippen LogP contribution in [0, 0.1) is 5.92 Å². The molecule has 0 bridgehead atoms. The third kappa shape index (κ3) is 4.37. The Labute approximate surface area is 144 Å². The summed E-state index contributed by atoms with van der Waals surface area (Å²) in [6, 6.07) is 5.11. The number of carboxylic acid groups (broad SMARTS) is 1. The first-order chi connectivity index (χ1) is 10.8. The molecule has 126 valence electrons. The quantitative estimate of drug-likeness (QED) is 0.847. The number of benzene rings is 1. The molecule has 1 heterocycles. The number of carboxylic acids is 1. The smallest absolute Gasteiger partial charge is 0.329 e. The lowest BCUT2D eigenvalue weighted by molar-refractivity contribution is -0.152. The molecule has 1 aliphatic rings. The average molecular weight is 360 g/mol. The molecule has 1 aliphatic heterocycles. The third-order valence-corrected chi connectivity index (χ3v) is 4.69. The Morgan fingerprint density at radius 1 is 1.35 bits per heavy atom. The fourth-order valence-corrected chi connectivity index (χ4v) is 3.07. The Hall–Kier alpha value is -1.30. The second-order valence-corrected chi connectivity index (χ2v) is 6.67. The van der Waals surface area contributed by atoms with Crippen LogP contribution in [0.3, 0.4) is 0 Å². The minimum atomic E-state index is -1.24. The van der Waals surface area contributed by atoms with Crippen molar-refractivity contribution in [3.63, 3.8) is 0 Å². The fourth-order valence-electron chi connectivity index (χ4n) is 2.58. The molecule has 1 unspecified atom stereocenters. The summed E-state index contributed by atoms with van der Waals surface area (Å²) >= 11 is 12.0. The largest absolute Gasteiger partial charge is 0.480 e. The molecule has 0 radical (unpaired) electrons. The van der Waals surface area contributed by atoms with Crippen LogP contribution in [-0.4, -0.2) is 35.7 Å². The molecule has 0 aliphatic carbocycles. The summed E-state index contributed by atoms with van der Waals surface area (Å²) in [5, 5.41) is 13.2. The lowest BCUT2D eigenvalue weighted by Gasteiger charge is -2.34. The number of aliphatic carboxylic acids is 1. The molecule has 1 saturated heterocycles. The minimum Gasteiger partial charge on any atom is -0.480 e. The molecule has 0 saturated carbocycles. The SMILES string of the molecule is CC(Cc1ccc(Cl)cc1Cl)C(=O)NC1(C(=O)O)CCOCC1. The van der Waals surface area contributed by atoms with Gasteiger partial charge in [-0.1, -0.05) is 36.2 Å². The van der Waals surface area contributed by atoms with Gasteiger partial charge >= 0.3 is 5.97 Å². The van der Waals surface area contributed by atoms with Gasteiger partial charge in [-0.15, -0.1) is 0 Å². The van der Waals surface area contributed by atoms with Crippen molar-refractivity contribution >= 4 is 35.1 Å². The van der Waals surface area contributed by atoms with E-state index in [1.807, 2.05) is 0 Å². The van der Waals surface area contributed by atoms with Crippen LogP contribution < -0.4 is 5.32 Å². The van der Waals surface area contributed by atoms with Crippen LogP contribution >= 0.6 is 23.2 Å². The van der Waals surface area contributed by atoms with Crippen LogP contribution in [0.4, 0.5) is 0 Å². The molecule has 0 aromatic heterocycles. The number of amides is 1. The zero-order valence-electron chi connectivity index (χ0n) is 12.8. The summed E-state index contributed by atoms with van der Waals surface area (Å²) in [5.74, 6) is -1.74. The van der Waals surface area contributed by atoms with Crippen molar-refractivity contribution in [3.8, 4) is 0 Å². The highest BCUT2D eigenvalue weighted by molar-refractivity contribution is 6.35. The van der Waals surface area contributed by atoms with Gasteiger partial charge in [0.25, 0.3) is 0 Å². The van der Waals surface area contributed by atoms with Gasteiger partial charge in [-0.2, -0.15) is 0 Å². The number of rotatable bonds is 5. The normalized spacial score (nSPS) is 18.2. The van der Waals surface area contributed by atoms with Gasteiger partial charge < -0.3 is 15.2 Å². The van der Waals surface area contributed by atoms with Crippen LogP contribution in [0.15, 0.2) is 18.2 Å². The molecule has 0 spiro atoms. The summed E-state index contributed by atoms with van der Waals surface area (Å²) in [7, 11) is 0. The molecule has 2 rings (SSSR count). The van der Waals surface area contributed by atoms with Crippen molar-refractivity contribution in [3.05, 3.63) is 33.8 Å². The first-order valence-corrected chi connectivity index (χ1v) is 8.17. The van der Waals surface area contributed by atoms with E-state index in [2.05, 4.69) is 5.32 Å². The number of hydrogen-bond acceptors (Lipinski definition) is 3. The molecule has 1 atom stereocenters. The molecule has 1 amide bonds. The Balaban J connectivity index is 2.05. The molecule has 5 nitrogen and oxygen atoms in total. The van der Waals surface area contributed by atoms with Gasteiger partial charge in [-0.25, -0.2) is 4.79 Å². The highest BCUT2D eigenvalue weighted by atomic mass is 35.5. The van der Waals surface area contributed by atoms with Gasteiger partial charge in [-0.3, -0.25) is 4.79 Å². The van der Waals surface area contributed by atoms with Crippen molar-refractivity contribution in [2.45, 2.75) is 31.7 Å². The second kappa shape index (κ2) is 7.51. The van der Waals surface area contributed by atoms with Gasteiger partial charge in [0.2, 0.25) is 5.91 Å². The van der Waals surface area contributed by atoms with E-state index in [4.69, 9.17) is 27.9 Å². The predicted molar refractivity (Wildman–Crippen MR) is 87.9 cm³/mol. The van der Waals surface area contributed by atoms with E-state index in [1.165, 1.54) is 0 Å². The second-order valence-electron chi connectivity index (χ2n) is 5.83. The maximum atomic E-state index is 12.4. The monoisotopic (exact) mass is 359 g/mol. The Morgan fingerprint density at radius 3 is 2.57 bits per heavy atom. The first kappa shape index (κ1) is 18.0. The van der Waals surface area contributed by atoms with Gasteiger partial charge in [0, 0.05) is 42.0 Å². The Kier molecular flexibility index (Phi) is 5.89. The molecule has 1 fully saturated rings. The third-order valence-electron chi connectivity index (χ3n) is 4.11. The molecule has 7 heteroatoms. The van der Waals surface area contributed by atoms with Gasteiger partial charge in [0.1, 0.15) is 5.54 Å². The van der Waals surface area contributed by atoms with E-state index in [9.17, 15) is 14.7 Å². The predicted octanol–water partition coefficient (Wildman–Crippen LogP) is 2.92. The number of ether oxygens (including phenoxy) is 1. The highest BCUT2D eigenvalue weighted by Gasteiger charge is 2.42. The summed E-state index contributed by atoms with van der Waals surface area (Å²) < 4.78 is 5.19. The van der Waals surface area contributed by atoms with Crippen LogP contribution in [0.2, 0.25) is 10.0 Å². The van der Waals surface area contributed by atoms with Crippen LogP contribution in [0.5, 0.6) is 0 Å². The fraction of sp³-hybridized carbons (Fsp3) is 0.500. The standard InChI is InChI=1S/C16H19Cl2NO4/c1-10(8-11-2-3-12(17)9-13(11)18)14(20)19-16(15(21)22)4-6-23-7-5-16/h2-3,9-10H,4-8H2,1H3,(H,19,20)(H,21,22). The van der Waals surface area contributed by atoms with Crippen LogP contribution in [-0.2, 0) is 20.7 Å². The summed E-state index contributed by atoms with van der Waals surface area (Å²) in [4.78, 5) is 24.0. The van der Waals surface area contributed by atoms with Crippen molar-refractivity contribution in [2.75, 3.05) is 13.2 Å². The van der Waals surface area contributed by atoms with E-state index in [1.54, 1.807) is 25.1 Å². The van der Waals surface area contributed by atoms with Gasteiger partial charge in [0.15, 0.2) is 0 Å². The lowest BCUT2D eigenvalue weighted by Crippen LogP contribution is -2.58. The molecule has 1 aromatic rings.